The van der Waals surface area contributed by atoms with Crippen molar-refractivity contribution in [3.63, 3.8) is 0 Å². The van der Waals surface area contributed by atoms with Crippen LogP contribution < -0.4 is 0 Å². The summed E-state index contributed by atoms with van der Waals surface area (Å²) in [6.07, 6.45) is 43.4. The third-order valence-electron chi connectivity index (χ3n) is 11.9. The molecule has 0 radical (unpaired) electrons. The van der Waals surface area contributed by atoms with Crippen molar-refractivity contribution in [2.45, 2.75) is 253 Å². The molecule has 0 bridgehead atoms. The molecule has 0 atom stereocenters. The predicted octanol–water partition coefficient (Wildman–Crippen LogP) is 18.3. The van der Waals surface area contributed by atoms with Crippen LogP contribution in [-0.4, -0.2) is 5.71 Å². The molecule has 0 amide bonds. The average Bonchev–Trinajstić information content (AvgIpc) is 3.20. The molecule has 56 heavy (non-hydrogen) atoms. The zero-order chi connectivity index (χ0) is 40.5. The molecule has 2 aromatic carbocycles. The van der Waals surface area contributed by atoms with Gasteiger partial charge in [-0.1, -0.05) is 90.4 Å². The molecule has 0 aliphatic heterocycles. The molecule has 0 aliphatic rings. The van der Waals surface area contributed by atoms with Gasteiger partial charge >= 0.3 is 269 Å². The Morgan fingerprint density at radius 2 is 0.786 bits per heavy atom. The summed E-state index contributed by atoms with van der Waals surface area (Å²) in [7, 11) is 0. The minimum absolute atomic E-state index is 1.03. The second-order valence-electron chi connectivity index (χ2n) is 17.2. The van der Waals surface area contributed by atoms with Crippen LogP contribution in [-0.2, 0) is 41.1 Å². The van der Waals surface area contributed by atoms with E-state index in [0.29, 0.717) is 0 Å². The second kappa shape index (κ2) is 34.2. The molecular weight excluding hydrogens is 721 g/mol. The minimum atomic E-state index is 1.03. The van der Waals surface area contributed by atoms with Gasteiger partial charge in [0.1, 0.15) is 0 Å². The van der Waals surface area contributed by atoms with Crippen LogP contribution in [0.25, 0.3) is 4.54 Å². The van der Waals surface area contributed by atoms with E-state index in [9.17, 15) is 0 Å². The van der Waals surface area contributed by atoms with Gasteiger partial charge in [-0.15, -0.1) is 0 Å². The third kappa shape index (κ3) is 21.9. The monoisotopic (exact) mass is 811 g/mol. The molecule has 0 aromatic heterocycles. The van der Waals surface area contributed by atoms with Gasteiger partial charge in [-0.05, 0) is 0 Å². The van der Waals surface area contributed by atoms with Gasteiger partial charge < -0.3 is 0 Å². The first-order chi connectivity index (χ1) is 27.5. The number of hydrogen-bond acceptors (Lipinski definition) is 1. The summed E-state index contributed by atoms with van der Waals surface area (Å²) in [5.41, 5.74) is 11.0. The molecule has 0 heterocycles. The molecular formula is C54H90NNi. The molecule has 2 rings (SSSR count). The fourth-order valence-corrected chi connectivity index (χ4v) is 8.93. The van der Waals surface area contributed by atoms with E-state index >= 15 is 0 Å². The SMILES string of the molecule is CCCCCCCCCCCCCCCCCCCCCCCC(=Nc1ccc(CCC)c(CCC)c1)C(CCCC)=[C]([Ni])c1ccc(CCC)c(CCC)c1. The molecule has 0 saturated carbocycles. The zero-order valence-corrected chi connectivity index (χ0v) is 39.0. The first-order valence-electron chi connectivity index (χ1n) is 24.7. The number of benzene rings is 2. The zero-order valence-electron chi connectivity index (χ0n) is 38.1. The number of aliphatic imine (C=N–C) groups is 1. The quantitative estimate of drug-likeness (QED) is 0.0369. The molecule has 2 heteroatoms. The topological polar surface area (TPSA) is 12.4 Å². The van der Waals surface area contributed by atoms with Crippen molar-refractivity contribution in [1.29, 1.82) is 0 Å². The van der Waals surface area contributed by atoms with E-state index in [0.717, 1.165) is 55.2 Å². The van der Waals surface area contributed by atoms with Crippen LogP contribution in [0.5, 0.6) is 0 Å². The maximum atomic E-state index is 6.03. The number of unbranched alkanes of at least 4 members (excludes halogenated alkanes) is 21. The molecule has 2 aromatic rings. The van der Waals surface area contributed by atoms with E-state index in [1.807, 2.05) is 0 Å². The molecule has 0 saturated heterocycles. The number of nitrogens with zero attached hydrogens (tertiary/aromatic N) is 1. The molecule has 0 N–H and O–H groups in total. The van der Waals surface area contributed by atoms with Crippen molar-refractivity contribution in [3.8, 4) is 0 Å². The predicted molar refractivity (Wildman–Crippen MR) is 250 cm³/mol. The van der Waals surface area contributed by atoms with Crippen LogP contribution in [0, 0.1) is 0 Å². The van der Waals surface area contributed by atoms with Gasteiger partial charge in [-0.2, -0.15) is 0 Å². The molecule has 321 valence electrons. The van der Waals surface area contributed by atoms with Gasteiger partial charge in [0.2, 0.25) is 0 Å². The first-order valence-corrected chi connectivity index (χ1v) is 25.2. The molecule has 1 nitrogen and oxygen atoms in total. The van der Waals surface area contributed by atoms with Crippen LogP contribution in [0.1, 0.15) is 256 Å². The van der Waals surface area contributed by atoms with Crippen molar-refractivity contribution in [2.75, 3.05) is 0 Å². The molecule has 0 spiro atoms. The first kappa shape index (κ1) is 50.5. The Hall–Kier alpha value is -1.66. The van der Waals surface area contributed by atoms with E-state index in [-0.39, 0.29) is 0 Å². The van der Waals surface area contributed by atoms with Crippen molar-refractivity contribution in [3.05, 3.63) is 69.8 Å². The third-order valence-corrected chi connectivity index (χ3v) is 12.4. The normalized spacial score (nSPS) is 12.5. The Labute approximate surface area is 358 Å². The summed E-state index contributed by atoms with van der Waals surface area (Å²) in [4.78, 5) is 5.53. The van der Waals surface area contributed by atoms with Crippen LogP contribution in [0.2, 0.25) is 0 Å². The number of allylic oxidation sites excluding steroid dienone is 1. The second-order valence-corrected chi connectivity index (χ2v) is 17.7. The van der Waals surface area contributed by atoms with Crippen LogP contribution in [0.15, 0.2) is 47.0 Å². The molecule has 0 fully saturated rings. The van der Waals surface area contributed by atoms with Gasteiger partial charge in [0.15, 0.2) is 0 Å². The molecule has 0 aliphatic carbocycles. The van der Waals surface area contributed by atoms with E-state index in [1.54, 1.807) is 0 Å². The van der Waals surface area contributed by atoms with E-state index in [2.05, 4.69) is 77.9 Å². The van der Waals surface area contributed by atoms with Crippen LogP contribution in [0.3, 0.4) is 0 Å². The van der Waals surface area contributed by atoms with Gasteiger partial charge in [0.05, 0.1) is 0 Å². The van der Waals surface area contributed by atoms with Gasteiger partial charge in [-0.3, -0.25) is 0 Å². The molecule has 0 unspecified atom stereocenters. The Kier molecular flexibility index (Phi) is 30.9. The summed E-state index contributed by atoms with van der Waals surface area (Å²) in [6.45, 7) is 13.8. The Bertz CT molecular complexity index is 1320. The maximum absolute atomic E-state index is 6.03. The van der Waals surface area contributed by atoms with Gasteiger partial charge in [0.25, 0.3) is 0 Å². The van der Waals surface area contributed by atoms with E-state index in [4.69, 9.17) is 20.5 Å². The van der Waals surface area contributed by atoms with Crippen molar-refractivity contribution >= 4 is 15.9 Å². The standard InChI is InChI=1S/C54H90N.Ni/c1-7-13-15-16-17-18-19-20-21-22-23-24-25-26-27-28-29-30-31-32-33-39-54(55-53-43-42-49(35-10-4)51(46-53)37-12-6)52(38-14-8-2)45-47-40-41-48(34-9-3)50(44-47)36-11-5;/h40-44,46H,7-39H2,1-6H3;. The summed E-state index contributed by atoms with van der Waals surface area (Å²) >= 11 is 6.03. The summed E-state index contributed by atoms with van der Waals surface area (Å²) in [6, 6.07) is 14.2. The average molecular weight is 812 g/mol. The number of rotatable bonds is 36. The summed E-state index contributed by atoms with van der Waals surface area (Å²) in [5, 5.41) is 0. The van der Waals surface area contributed by atoms with Crippen molar-refractivity contribution in [1.82, 2.24) is 0 Å². The van der Waals surface area contributed by atoms with Crippen LogP contribution >= 0.6 is 0 Å². The fraction of sp³-hybridized carbons (Fsp3) is 0.722. The Morgan fingerprint density at radius 3 is 1.23 bits per heavy atom. The van der Waals surface area contributed by atoms with E-state index in [1.165, 1.54) is 206 Å². The number of hydrogen-bond donors (Lipinski definition) is 0. The van der Waals surface area contributed by atoms with Crippen molar-refractivity contribution < 1.29 is 15.5 Å². The van der Waals surface area contributed by atoms with Crippen LogP contribution in [0.4, 0.5) is 5.69 Å². The Morgan fingerprint density at radius 1 is 0.393 bits per heavy atom. The summed E-state index contributed by atoms with van der Waals surface area (Å²) in [5.74, 6) is 0. The summed E-state index contributed by atoms with van der Waals surface area (Å²) < 4.78 is 1.08. The fourth-order valence-electron chi connectivity index (χ4n) is 8.51. The van der Waals surface area contributed by atoms with Gasteiger partial charge in [0, 0.05) is 0 Å². The Balaban J connectivity index is 1.97. The van der Waals surface area contributed by atoms with E-state index < -0.39 is 0 Å². The van der Waals surface area contributed by atoms with Gasteiger partial charge in [-0.25, -0.2) is 0 Å². The number of aryl methyl sites for hydroxylation is 4. The van der Waals surface area contributed by atoms with Crippen molar-refractivity contribution in [2.24, 2.45) is 4.99 Å².